The number of hydrogen-bond acceptors (Lipinski definition) is 2. The Bertz CT molecular complexity index is 479. The lowest BCUT2D eigenvalue weighted by atomic mass is 10.1. The average Bonchev–Trinajstić information content (AvgIpc) is 2.49. The second-order valence-electron chi connectivity index (χ2n) is 3.62. The number of benzene rings is 1. The normalized spacial score (nSPS) is 10.7. The molecule has 1 aromatic heterocycles. The Morgan fingerprint density at radius 1 is 1.13 bits per heavy atom. The van der Waals surface area contributed by atoms with E-state index in [1.807, 2.05) is 11.6 Å². The molecule has 0 atom stereocenters. The van der Waals surface area contributed by atoms with E-state index in [-0.39, 0.29) is 0 Å². The van der Waals surface area contributed by atoms with Crippen LogP contribution in [0.15, 0.2) is 22.9 Å². The zero-order valence-corrected chi connectivity index (χ0v) is 10.5. The molecule has 2 rings (SSSR count). The van der Waals surface area contributed by atoms with Gasteiger partial charge >= 0.3 is 0 Å². The van der Waals surface area contributed by atoms with Gasteiger partial charge in [0.2, 0.25) is 0 Å². The number of rotatable bonds is 1. The van der Waals surface area contributed by atoms with Gasteiger partial charge < -0.3 is 0 Å². The van der Waals surface area contributed by atoms with Crippen LogP contribution in [0.4, 0.5) is 0 Å². The van der Waals surface area contributed by atoms with Crippen molar-refractivity contribution in [2.24, 2.45) is 0 Å². The van der Waals surface area contributed by atoms with Gasteiger partial charge in [-0.15, -0.1) is 0 Å². The number of hydrogen-bond donors (Lipinski definition) is 0. The fourth-order valence-electron chi connectivity index (χ4n) is 1.72. The summed E-state index contributed by atoms with van der Waals surface area (Å²) in [5.74, 6) is 0.789. The molecule has 1 heterocycles. The first-order valence-corrected chi connectivity index (χ1v) is 5.52. The largest absolute Gasteiger partial charge is 0.220 e. The minimum absolute atomic E-state index is 0.789. The molecule has 3 nitrogen and oxygen atoms in total. The van der Waals surface area contributed by atoms with Crippen LogP contribution in [0.3, 0.4) is 0 Å². The van der Waals surface area contributed by atoms with Gasteiger partial charge in [-0.1, -0.05) is 15.9 Å². The van der Waals surface area contributed by atoms with Gasteiger partial charge in [0.1, 0.15) is 12.2 Å². The third-order valence-corrected chi connectivity index (χ3v) is 2.75. The molecule has 0 saturated heterocycles. The molecule has 0 amide bonds. The first-order chi connectivity index (χ1) is 7.08. The molecule has 0 aliphatic carbocycles. The fraction of sp³-hybridized carbons (Fsp3) is 0.273. The highest BCUT2D eigenvalue weighted by Gasteiger charge is 2.07. The molecule has 0 aliphatic heterocycles. The van der Waals surface area contributed by atoms with Crippen LogP contribution in [0.2, 0.25) is 0 Å². The Morgan fingerprint density at radius 3 is 2.20 bits per heavy atom. The van der Waals surface area contributed by atoms with Gasteiger partial charge in [0.05, 0.1) is 5.69 Å². The van der Waals surface area contributed by atoms with Crippen molar-refractivity contribution in [2.75, 3.05) is 0 Å². The molecule has 0 N–H and O–H groups in total. The highest BCUT2D eigenvalue weighted by atomic mass is 79.9. The quantitative estimate of drug-likeness (QED) is 0.794. The summed E-state index contributed by atoms with van der Waals surface area (Å²) >= 11 is 3.48. The summed E-state index contributed by atoms with van der Waals surface area (Å²) in [6.45, 7) is 6.04. The van der Waals surface area contributed by atoms with Crippen LogP contribution in [0.1, 0.15) is 17.0 Å². The third-order valence-electron chi connectivity index (χ3n) is 2.29. The van der Waals surface area contributed by atoms with Gasteiger partial charge in [-0.2, -0.15) is 5.10 Å². The molecular weight excluding hydrogens is 254 g/mol. The average molecular weight is 266 g/mol. The van der Waals surface area contributed by atoms with Gasteiger partial charge in [-0.25, -0.2) is 9.67 Å². The van der Waals surface area contributed by atoms with Crippen molar-refractivity contribution in [2.45, 2.75) is 20.8 Å². The molecule has 15 heavy (non-hydrogen) atoms. The Labute approximate surface area is 97.3 Å². The molecule has 0 unspecified atom stereocenters. The van der Waals surface area contributed by atoms with Crippen LogP contribution in [0.25, 0.3) is 5.69 Å². The molecule has 4 heteroatoms. The van der Waals surface area contributed by atoms with Gasteiger partial charge in [0, 0.05) is 4.47 Å². The SMILES string of the molecule is Cc1ncn(-c2c(C)cc(Br)cc2C)n1. The van der Waals surface area contributed by atoms with Crippen molar-refractivity contribution in [1.82, 2.24) is 14.8 Å². The van der Waals surface area contributed by atoms with E-state index >= 15 is 0 Å². The summed E-state index contributed by atoms with van der Waals surface area (Å²) in [5.41, 5.74) is 3.48. The topological polar surface area (TPSA) is 30.7 Å². The van der Waals surface area contributed by atoms with Crippen molar-refractivity contribution in [1.29, 1.82) is 0 Å². The van der Waals surface area contributed by atoms with E-state index in [9.17, 15) is 0 Å². The highest BCUT2D eigenvalue weighted by Crippen LogP contribution is 2.23. The monoisotopic (exact) mass is 265 g/mol. The maximum atomic E-state index is 4.32. The second-order valence-corrected chi connectivity index (χ2v) is 4.54. The Balaban J connectivity index is 2.62. The predicted octanol–water partition coefficient (Wildman–Crippen LogP) is 2.96. The molecule has 2 aromatic rings. The first kappa shape index (κ1) is 10.4. The Hall–Kier alpha value is -1.16. The van der Waals surface area contributed by atoms with Crippen LogP contribution < -0.4 is 0 Å². The van der Waals surface area contributed by atoms with Gasteiger partial charge in [0.25, 0.3) is 0 Å². The van der Waals surface area contributed by atoms with Crippen molar-refractivity contribution in [3.8, 4) is 5.69 Å². The summed E-state index contributed by atoms with van der Waals surface area (Å²) in [6, 6.07) is 4.17. The molecule has 0 aliphatic rings. The molecule has 0 saturated carbocycles. The van der Waals surface area contributed by atoms with Crippen LogP contribution in [0, 0.1) is 20.8 Å². The number of aromatic nitrogens is 3. The van der Waals surface area contributed by atoms with E-state index in [1.54, 1.807) is 6.33 Å². The van der Waals surface area contributed by atoms with E-state index < -0.39 is 0 Å². The second kappa shape index (κ2) is 3.77. The van der Waals surface area contributed by atoms with Crippen LogP contribution in [0.5, 0.6) is 0 Å². The van der Waals surface area contributed by atoms with E-state index in [0.29, 0.717) is 0 Å². The molecule has 0 spiro atoms. The molecule has 0 fully saturated rings. The highest BCUT2D eigenvalue weighted by molar-refractivity contribution is 9.10. The van der Waals surface area contributed by atoms with Crippen molar-refractivity contribution < 1.29 is 0 Å². The Morgan fingerprint density at radius 2 is 1.73 bits per heavy atom. The maximum absolute atomic E-state index is 4.32. The number of aryl methyl sites for hydroxylation is 3. The van der Waals surface area contributed by atoms with E-state index in [4.69, 9.17) is 0 Å². The molecule has 0 radical (unpaired) electrons. The summed E-state index contributed by atoms with van der Waals surface area (Å²) in [7, 11) is 0. The molecule has 1 aromatic carbocycles. The van der Waals surface area contributed by atoms with Crippen LogP contribution in [-0.2, 0) is 0 Å². The summed E-state index contributed by atoms with van der Waals surface area (Å²) in [6.07, 6.45) is 1.75. The molecular formula is C11H12BrN3. The fourth-order valence-corrected chi connectivity index (χ4v) is 2.40. The summed E-state index contributed by atoms with van der Waals surface area (Å²) < 4.78 is 2.92. The third kappa shape index (κ3) is 1.95. The zero-order valence-electron chi connectivity index (χ0n) is 8.95. The summed E-state index contributed by atoms with van der Waals surface area (Å²) in [4.78, 5) is 4.14. The lowest BCUT2D eigenvalue weighted by Crippen LogP contribution is -2.01. The zero-order chi connectivity index (χ0) is 11.0. The maximum Gasteiger partial charge on any atom is 0.147 e. The lowest BCUT2D eigenvalue weighted by molar-refractivity contribution is 0.848. The lowest BCUT2D eigenvalue weighted by Gasteiger charge is -2.09. The number of nitrogens with zero attached hydrogens (tertiary/aromatic N) is 3. The van der Waals surface area contributed by atoms with E-state index in [0.717, 1.165) is 16.0 Å². The number of halogens is 1. The van der Waals surface area contributed by atoms with Crippen molar-refractivity contribution in [3.05, 3.63) is 39.9 Å². The minimum atomic E-state index is 0.789. The molecule has 78 valence electrons. The smallest absolute Gasteiger partial charge is 0.147 e. The summed E-state index contributed by atoms with van der Waals surface area (Å²) in [5, 5.41) is 4.32. The first-order valence-electron chi connectivity index (χ1n) is 4.73. The van der Waals surface area contributed by atoms with Crippen LogP contribution in [-0.4, -0.2) is 14.8 Å². The van der Waals surface area contributed by atoms with Crippen molar-refractivity contribution in [3.63, 3.8) is 0 Å². The molecule has 0 bridgehead atoms. The van der Waals surface area contributed by atoms with Gasteiger partial charge in [-0.3, -0.25) is 0 Å². The Kier molecular flexibility index (Phi) is 2.61. The van der Waals surface area contributed by atoms with E-state index in [1.165, 1.54) is 11.1 Å². The predicted molar refractivity (Wildman–Crippen MR) is 63.3 cm³/mol. The van der Waals surface area contributed by atoms with Crippen LogP contribution >= 0.6 is 15.9 Å². The van der Waals surface area contributed by atoms with Crippen molar-refractivity contribution >= 4 is 15.9 Å². The van der Waals surface area contributed by atoms with Gasteiger partial charge in [0.15, 0.2) is 0 Å². The van der Waals surface area contributed by atoms with Gasteiger partial charge in [-0.05, 0) is 44.0 Å². The standard InChI is InChI=1S/C11H12BrN3/c1-7-4-10(12)5-8(2)11(7)15-6-13-9(3)14-15/h4-6H,1-3H3. The minimum Gasteiger partial charge on any atom is -0.220 e. The van der Waals surface area contributed by atoms with E-state index in [2.05, 4.69) is 52.0 Å².